The lowest BCUT2D eigenvalue weighted by atomic mass is 10.0. The number of halogens is 1. The SMILES string of the molecule is CC(=O)OC(/C(F)=C/c1cccc2ccccc12)c1ccccc1. The number of hydrogen-bond acceptors (Lipinski definition) is 2. The highest BCUT2D eigenvalue weighted by Gasteiger charge is 2.20. The van der Waals surface area contributed by atoms with Gasteiger partial charge in [0.05, 0.1) is 0 Å². The Hall–Kier alpha value is -2.94. The van der Waals surface area contributed by atoms with E-state index in [1.54, 1.807) is 24.3 Å². The quantitative estimate of drug-likeness (QED) is 0.597. The molecule has 0 bridgehead atoms. The van der Waals surface area contributed by atoms with E-state index in [1.807, 2.05) is 48.5 Å². The fraction of sp³-hybridized carbons (Fsp3) is 0.0952. The second-order valence-corrected chi connectivity index (χ2v) is 5.50. The van der Waals surface area contributed by atoms with E-state index in [0.717, 1.165) is 16.3 Å². The second-order valence-electron chi connectivity index (χ2n) is 5.50. The Kier molecular flexibility index (Phi) is 4.71. The smallest absolute Gasteiger partial charge is 0.303 e. The maximum atomic E-state index is 14.9. The molecule has 3 aromatic rings. The minimum Gasteiger partial charge on any atom is -0.450 e. The average molecular weight is 320 g/mol. The highest BCUT2D eigenvalue weighted by molar-refractivity contribution is 5.90. The molecule has 0 radical (unpaired) electrons. The van der Waals surface area contributed by atoms with Gasteiger partial charge in [-0.05, 0) is 28.0 Å². The van der Waals surface area contributed by atoms with Crippen LogP contribution in [-0.2, 0) is 9.53 Å². The summed E-state index contributed by atoms with van der Waals surface area (Å²) >= 11 is 0. The van der Waals surface area contributed by atoms with Crippen molar-refractivity contribution in [3.05, 3.63) is 89.8 Å². The highest BCUT2D eigenvalue weighted by atomic mass is 19.1. The van der Waals surface area contributed by atoms with Gasteiger partial charge in [-0.2, -0.15) is 0 Å². The fourth-order valence-corrected chi connectivity index (χ4v) is 2.68. The Morgan fingerprint density at radius 2 is 1.62 bits per heavy atom. The van der Waals surface area contributed by atoms with Crippen molar-refractivity contribution in [2.45, 2.75) is 13.0 Å². The van der Waals surface area contributed by atoms with E-state index in [2.05, 4.69) is 0 Å². The Morgan fingerprint density at radius 1 is 0.958 bits per heavy atom. The van der Waals surface area contributed by atoms with Crippen LogP contribution in [-0.4, -0.2) is 5.97 Å². The molecule has 120 valence electrons. The molecule has 3 rings (SSSR count). The monoisotopic (exact) mass is 320 g/mol. The van der Waals surface area contributed by atoms with Crippen LogP contribution < -0.4 is 0 Å². The van der Waals surface area contributed by atoms with Crippen molar-refractivity contribution in [2.75, 3.05) is 0 Å². The molecule has 0 aromatic heterocycles. The van der Waals surface area contributed by atoms with Gasteiger partial charge in [-0.15, -0.1) is 0 Å². The minimum absolute atomic E-state index is 0.507. The first-order valence-electron chi connectivity index (χ1n) is 7.72. The summed E-state index contributed by atoms with van der Waals surface area (Å²) in [5.41, 5.74) is 1.35. The van der Waals surface area contributed by atoms with E-state index < -0.39 is 17.9 Å². The standard InChI is InChI=1S/C21H17FO2/c1-15(23)24-21(17-9-3-2-4-10-17)20(22)14-18-12-7-11-16-8-5-6-13-19(16)18/h2-14,21H,1H3/b20-14-. The third-order valence-electron chi connectivity index (χ3n) is 3.75. The third-order valence-corrected chi connectivity index (χ3v) is 3.75. The average Bonchev–Trinajstić information content (AvgIpc) is 2.60. The van der Waals surface area contributed by atoms with Crippen LogP contribution in [0.4, 0.5) is 4.39 Å². The van der Waals surface area contributed by atoms with Crippen LogP contribution in [0.15, 0.2) is 78.6 Å². The lowest BCUT2D eigenvalue weighted by Crippen LogP contribution is -2.09. The number of rotatable bonds is 4. The molecule has 3 heteroatoms. The lowest BCUT2D eigenvalue weighted by Gasteiger charge is -2.16. The molecule has 0 fully saturated rings. The van der Waals surface area contributed by atoms with Gasteiger partial charge in [0.2, 0.25) is 0 Å². The summed E-state index contributed by atoms with van der Waals surface area (Å²) in [6.45, 7) is 1.28. The molecule has 0 spiro atoms. The molecule has 3 aromatic carbocycles. The number of carbonyl (C=O) groups excluding carboxylic acids is 1. The fourth-order valence-electron chi connectivity index (χ4n) is 2.68. The molecule has 0 heterocycles. The second kappa shape index (κ2) is 7.09. The molecule has 0 aliphatic rings. The van der Waals surface area contributed by atoms with Crippen LogP contribution in [0.2, 0.25) is 0 Å². The van der Waals surface area contributed by atoms with Crippen LogP contribution in [0.1, 0.15) is 24.2 Å². The molecule has 0 N–H and O–H groups in total. The molecule has 24 heavy (non-hydrogen) atoms. The number of ether oxygens (including phenoxy) is 1. The van der Waals surface area contributed by atoms with Crippen molar-refractivity contribution in [3.63, 3.8) is 0 Å². The van der Waals surface area contributed by atoms with E-state index >= 15 is 0 Å². The first-order valence-corrected chi connectivity index (χ1v) is 7.72. The summed E-state index contributed by atoms with van der Waals surface area (Å²) < 4.78 is 20.1. The van der Waals surface area contributed by atoms with E-state index in [0.29, 0.717) is 5.56 Å². The van der Waals surface area contributed by atoms with E-state index in [9.17, 15) is 9.18 Å². The van der Waals surface area contributed by atoms with Gasteiger partial charge in [-0.3, -0.25) is 4.79 Å². The molecule has 0 aliphatic carbocycles. The minimum atomic E-state index is -1.04. The van der Waals surface area contributed by atoms with Crippen molar-refractivity contribution in [2.24, 2.45) is 0 Å². The maximum Gasteiger partial charge on any atom is 0.303 e. The number of carbonyl (C=O) groups is 1. The van der Waals surface area contributed by atoms with Gasteiger partial charge < -0.3 is 4.74 Å². The van der Waals surface area contributed by atoms with Crippen LogP contribution >= 0.6 is 0 Å². The zero-order chi connectivity index (χ0) is 16.9. The van der Waals surface area contributed by atoms with Crippen molar-refractivity contribution in [1.29, 1.82) is 0 Å². The van der Waals surface area contributed by atoms with Gasteiger partial charge in [0, 0.05) is 6.92 Å². The molecular formula is C21H17FO2. The van der Waals surface area contributed by atoms with Gasteiger partial charge in [0.25, 0.3) is 0 Å². The van der Waals surface area contributed by atoms with E-state index in [4.69, 9.17) is 4.74 Å². The number of hydrogen-bond donors (Lipinski definition) is 0. The number of benzene rings is 3. The van der Waals surface area contributed by atoms with Crippen LogP contribution in [0.3, 0.4) is 0 Å². The summed E-state index contributed by atoms with van der Waals surface area (Å²) in [6, 6.07) is 22.4. The third kappa shape index (κ3) is 3.51. The Balaban J connectivity index is 2.04. The normalized spacial score (nSPS) is 12.8. The summed E-state index contributed by atoms with van der Waals surface area (Å²) in [5.74, 6) is -1.03. The number of fused-ring (bicyclic) bond motifs is 1. The van der Waals surface area contributed by atoms with Crippen molar-refractivity contribution >= 4 is 22.8 Å². The first-order chi connectivity index (χ1) is 11.6. The van der Waals surface area contributed by atoms with Crippen molar-refractivity contribution in [1.82, 2.24) is 0 Å². The van der Waals surface area contributed by atoms with Gasteiger partial charge in [0.15, 0.2) is 6.10 Å². The summed E-state index contributed by atoms with van der Waals surface area (Å²) in [4.78, 5) is 11.4. The van der Waals surface area contributed by atoms with Gasteiger partial charge in [0.1, 0.15) is 5.83 Å². The Labute approximate surface area is 140 Å². The van der Waals surface area contributed by atoms with Gasteiger partial charge in [-0.1, -0.05) is 72.8 Å². The highest BCUT2D eigenvalue weighted by Crippen LogP contribution is 2.30. The summed E-state index contributed by atoms with van der Waals surface area (Å²) in [7, 11) is 0. The molecule has 1 atom stereocenters. The molecular weight excluding hydrogens is 303 g/mol. The van der Waals surface area contributed by atoms with Crippen LogP contribution in [0.5, 0.6) is 0 Å². The predicted octanol–water partition coefficient (Wildman–Crippen LogP) is 5.45. The Morgan fingerprint density at radius 3 is 2.38 bits per heavy atom. The molecule has 0 saturated carbocycles. The van der Waals surface area contributed by atoms with E-state index in [-0.39, 0.29) is 0 Å². The molecule has 0 aliphatic heterocycles. The van der Waals surface area contributed by atoms with Gasteiger partial charge in [-0.25, -0.2) is 4.39 Å². The first kappa shape index (κ1) is 15.9. The maximum absolute atomic E-state index is 14.9. The number of esters is 1. The van der Waals surface area contributed by atoms with Crippen LogP contribution in [0.25, 0.3) is 16.8 Å². The zero-order valence-corrected chi connectivity index (χ0v) is 13.3. The molecule has 0 amide bonds. The summed E-state index contributed by atoms with van der Waals surface area (Å²) in [5, 5.41) is 1.98. The van der Waals surface area contributed by atoms with Gasteiger partial charge >= 0.3 is 5.97 Å². The zero-order valence-electron chi connectivity index (χ0n) is 13.3. The predicted molar refractivity (Wildman–Crippen MR) is 94.0 cm³/mol. The lowest BCUT2D eigenvalue weighted by molar-refractivity contribution is -0.145. The van der Waals surface area contributed by atoms with Crippen LogP contribution in [0, 0.1) is 0 Å². The van der Waals surface area contributed by atoms with Crippen molar-refractivity contribution < 1.29 is 13.9 Å². The summed E-state index contributed by atoms with van der Waals surface area (Å²) in [6.07, 6.45) is 0.394. The largest absolute Gasteiger partial charge is 0.450 e. The molecule has 2 nitrogen and oxygen atoms in total. The van der Waals surface area contributed by atoms with E-state index in [1.165, 1.54) is 13.0 Å². The molecule has 1 unspecified atom stereocenters. The van der Waals surface area contributed by atoms with Crippen molar-refractivity contribution in [3.8, 4) is 0 Å². The molecule has 0 saturated heterocycles. The topological polar surface area (TPSA) is 26.3 Å². The Bertz CT molecular complexity index is 879.